The first-order valence-corrected chi connectivity index (χ1v) is 7.64. The van der Waals surface area contributed by atoms with Crippen LogP contribution >= 0.6 is 11.6 Å². The summed E-state index contributed by atoms with van der Waals surface area (Å²) in [6.45, 7) is 2.10. The molecule has 0 saturated heterocycles. The highest BCUT2D eigenvalue weighted by Gasteiger charge is 2.23. The van der Waals surface area contributed by atoms with Crippen LogP contribution in [0.5, 0.6) is 0 Å². The average Bonchev–Trinajstić information content (AvgIpc) is 2.46. The summed E-state index contributed by atoms with van der Waals surface area (Å²) < 4.78 is 0. The zero-order valence-electron chi connectivity index (χ0n) is 11.5. The van der Waals surface area contributed by atoms with Gasteiger partial charge in [-0.25, -0.2) is 0 Å². The number of benzene rings is 1. The maximum atomic E-state index is 12.3. The summed E-state index contributed by atoms with van der Waals surface area (Å²) in [5.41, 5.74) is 1.14. The predicted octanol–water partition coefficient (Wildman–Crippen LogP) is 4.49. The summed E-state index contributed by atoms with van der Waals surface area (Å²) in [4.78, 5) is 12.3. The van der Waals surface area contributed by atoms with Gasteiger partial charge in [0.15, 0.2) is 0 Å². The minimum absolute atomic E-state index is 0.103. The third kappa shape index (κ3) is 3.97. The van der Waals surface area contributed by atoms with Crippen LogP contribution in [0, 0.1) is 5.92 Å². The fourth-order valence-corrected chi connectivity index (χ4v) is 2.90. The van der Waals surface area contributed by atoms with E-state index in [2.05, 4.69) is 12.2 Å². The van der Waals surface area contributed by atoms with Gasteiger partial charge in [0.05, 0.1) is 6.04 Å². The van der Waals surface area contributed by atoms with Gasteiger partial charge in [-0.3, -0.25) is 4.79 Å². The summed E-state index contributed by atoms with van der Waals surface area (Å²) in [6, 6.07) is 7.86. The Kier molecular flexibility index (Phi) is 5.26. The molecule has 1 aliphatic carbocycles. The maximum Gasteiger partial charge on any atom is 0.223 e. The Labute approximate surface area is 120 Å². The normalized spacial score (nSPS) is 18.0. The molecule has 1 aromatic rings. The highest BCUT2D eigenvalue weighted by Crippen LogP contribution is 2.25. The van der Waals surface area contributed by atoms with Crippen LogP contribution < -0.4 is 5.32 Å². The summed E-state index contributed by atoms with van der Waals surface area (Å²) in [7, 11) is 0. The summed E-state index contributed by atoms with van der Waals surface area (Å²) in [5, 5.41) is 3.92. The van der Waals surface area contributed by atoms with Crippen molar-refractivity contribution >= 4 is 17.5 Å². The quantitative estimate of drug-likeness (QED) is 0.864. The maximum absolute atomic E-state index is 12.3. The van der Waals surface area contributed by atoms with Crippen LogP contribution in [0.15, 0.2) is 24.3 Å². The number of amides is 1. The number of hydrogen-bond donors (Lipinski definition) is 1. The molecule has 0 radical (unpaired) electrons. The topological polar surface area (TPSA) is 29.1 Å². The molecule has 1 atom stereocenters. The first-order chi connectivity index (χ1) is 9.20. The lowest BCUT2D eigenvalue weighted by atomic mass is 9.88. The van der Waals surface area contributed by atoms with E-state index in [4.69, 9.17) is 11.6 Å². The Morgan fingerprint density at radius 2 is 1.89 bits per heavy atom. The van der Waals surface area contributed by atoms with Gasteiger partial charge in [0.25, 0.3) is 0 Å². The molecule has 0 aliphatic heterocycles. The van der Waals surface area contributed by atoms with Gasteiger partial charge in [-0.2, -0.15) is 0 Å². The van der Waals surface area contributed by atoms with Crippen molar-refractivity contribution in [2.45, 2.75) is 51.5 Å². The minimum Gasteiger partial charge on any atom is -0.349 e. The molecular weight excluding hydrogens is 258 g/mol. The van der Waals surface area contributed by atoms with Crippen LogP contribution in [0.3, 0.4) is 0 Å². The summed E-state index contributed by atoms with van der Waals surface area (Å²) in [6.07, 6.45) is 6.65. The molecule has 1 aliphatic rings. The van der Waals surface area contributed by atoms with Crippen molar-refractivity contribution in [1.29, 1.82) is 0 Å². The molecule has 104 valence electrons. The lowest BCUT2D eigenvalue weighted by Gasteiger charge is -2.24. The Hall–Kier alpha value is -1.02. The van der Waals surface area contributed by atoms with E-state index < -0.39 is 0 Å². The molecule has 1 amide bonds. The van der Waals surface area contributed by atoms with E-state index in [9.17, 15) is 4.79 Å². The van der Waals surface area contributed by atoms with Gasteiger partial charge < -0.3 is 5.32 Å². The zero-order valence-corrected chi connectivity index (χ0v) is 12.2. The van der Waals surface area contributed by atoms with Gasteiger partial charge in [0.1, 0.15) is 0 Å². The number of hydrogen-bond acceptors (Lipinski definition) is 1. The van der Waals surface area contributed by atoms with Crippen molar-refractivity contribution in [3.63, 3.8) is 0 Å². The third-order valence-corrected chi connectivity index (χ3v) is 4.23. The van der Waals surface area contributed by atoms with E-state index in [1.165, 1.54) is 19.3 Å². The van der Waals surface area contributed by atoms with Crippen molar-refractivity contribution in [3.05, 3.63) is 34.9 Å². The van der Waals surface area contributed by atoms with E-state index in [-0.39, 0.29) is 17.9 Å². The predicted molar refractivity (Wildman–Crippen MR) is 79.2 cm³/mol. The van der Waals surface area contributed by atoms with Crippen molar-refractivity contribution in [2.75, 3.05) is 0 Å². The molecule has 1 saturated carbocycles. The van der Waals surface area contributed by atoms with E-state index in [0.717, 1.165) is 29.8 Å². The van der Waals surface area contributed by atoms with Gasteiger partial charge in [-0.05, 0) is 37.0 Å². The fraction of sp³-hybridized carbons (Fsp3) is 0.562. The van der Waals surface area contributed by atoms with Crippen molar-refractivity contribution in [1.82, 2.24) is 5.32 Å². The number of nitrogens with one attached hydrogen (secondary N) is 1. The minimum atomic E-state index is 0.103. The van der Waals surface area contributed by atoms with Gasteiger partial charge >= 0.3 is 0 Å². The lowest BCUT2D eigenvalue weighted by molar-refractivity contribution is -0.126. The van der Waals surface area contributed by atoms with Gasteiger partial charge in [-0.1, -0.05) is 49.9 Å². The molecule has 19 heavy (non-hydrogen) atoms. The highest BCUT2D eigenvalue weighted by atomic mass is 35.5. The molecule has 0 spiro atoms. The Bertz CT molecular complexity index is 409. The highest BCUT2D eigenvalue weighted by molar-refractivity contribution is 6.30. The molecular formula is C16H22ClNO. The van der Waals surface area contributed by atoms with Crippen LogP contribution in [0.1, 0.15) is 57.1 Å². The number of carbonyl (C=O) groups is 1. The van der Waals surface area contributed by atoms with Crippen LogP contribution in [0.4, 0.5) is 0 Å². The summed E-state index contributed by atoms with van der Waals surface area (Å²) in [5.74, 6) is 0.441. The number of carbonyl (C=O) groups excluding carboxylic acids is 1. The van der Waals surface area contributed by atoms with Gasteiger partial charge in [0, 0.05) is 10.9 Å². The Balaban J connectivity index is 1.98. The lowest BCUT2D eigenvalue weighted by Crippen LogP contribution is -2.34. The van der Waals surface area contributed by atoms with Crippen LogP contribution in [-0.2, 0) is 4.79 Å². The third-order valence-electron chi connectivity index (χ3n) is 3.97. The molecule has 1 N–H and O–H groups in total. The van der Waals surface area contributed by atoms with E-state index in [1.54, 1.807) is 0 Å². The second kappa shape index (κ2) is 6.95. The van der Waals surface area contributed by atoms with E-state index in [1.807, 2.05) is 24.3 Å². The standard InChI is InChI=1S/C16H22ClNO/c1-2-15(12-8-10-14(17)11-9-12)18-16(19)13-6-4-3-5-7-13/h8-11,13,15H,2-7H2,1H3,(H,18,19). The first kappa shape index (κ1) is 14.4. The van der Waals surface area contributed by atoms with Crippen LogP contribution in [-0.4, -0.2) is 5.91 Å². The smallest absolute Gasteiger partial charge is 0.223 e. The Morgan fingerprint density at radius 1 is 1.26 bits per heavy atom. The Morgan fingerprint density at radius 3 is 2.47 bits per heavy atom. The number of halogens is 1. The van der Waals surface area contributed by atoms with Crippen molar-refractivity contribution in [2.24, 2.45) is 5.92 Å². The monoisotopic (exact) mass is 279 g/mol. The molecule has 3 heteroatoms. The van der Waals surface area contributed by atoms with E-state index in [0.29, 0.717) is 0 Å². The van der Waals surface area contributed by atoms with Gasteiger partial charge in [-0.15, -0.1) is 0 Å². The van der Waals surface area contributed by atoms with E-state index >= 15 is 0 Å². The molecule has 0 heterocycles. The molecule has 1 fully saturated rings. The molecule has 1 aromatic carbocycles. The van der Waals surface area contributed by atoms with Crippen LogP contribution in [0.2, 0.25) is 5.02 Å². The molecule has 2 nitrogen and oxygen atoms in total. The average molecular weight is 280 g/mol. The molecule has 2 rings (SSSR count). The van der Waals surface area contributed by atoms with Crippen molar-refractivity contribution < 1.29 is 4.79 Å². The van der Waals surface area contributed by atoms with Gasteiger partial charge in [0.2, 0.25) is 5.91 Å². The molecule has 0 aromatic heterocycles. The largest absolute Gasteiger partial charge is 0.349 e. The van der Waals surface area contributed by atoms with Crippen molar-refractivity contribution in [3.8, 4) is 0 Å². The fourth-order valence-electron chi connectivity index (χ4n) is 2.77. The molecule has 0 bridgehead atoms. The second-order valence-electron chi connectivity index (χ2n) is 5.36. The SMILES string of the molecule is CCC(NC(=O)C1CCCCC1)c1ccc(Cl)cc1. The number of rotatable bonds is 4. The second-order valence-corrected chi connectivity index (χ2v) is 5.79. The zero-order chi connectivity index (χ0) is 13.7. The summed E-state index contributed by atoms with van der Waals surface area (Å²) >= 11 is 5.90. The van der Waals surface area contributed by atoms with Crippen LogP contribution in [0.25, 0.3) is 0 Å². The molecule has 1 unspecified atom stereocenters. The first-order valence-electron chi connectivity index (χ1n) is 7.26.